The predicted molar refractivity (Wildman–Crippen MR) is 202 cm³/mol. The summed E-state index contributed by atoms with van der Waals surface area (Å²) in [5, 5.41) is 1.82. The summed E-state index contributed by atoms with van der Waals surface area (Å²) in [6.07, 6.45) is 4.15. The van der Waals surface area contributed by atoms with Crippen molar-refractivity contribution in [1.82, 2.24) is 4.98 Å². The van der Waals surface area contributed by atoms with E-state index in [9.17, 15) is 9.59 Å². The number of hydrogen-bond acceptors (Lipinski definition) is 7. The second kappa shape index (κ2) is 10.1. The minimum Gasteiger partial charge on any atom is -0.422 e. The quantitative estimate of drug-likeness (QED) is 0.174. The van der Waals surface area contributed by atoms with Crippen molar-refractivity contribution in [1.29, 1.82) is 0 Å². The van der Waals surface area contributed by atoms with Gasteiger partial charge in [-0.1, -0.05) is 61.5 Å². The third-order valence-corrected chi connectivity index (χ3v) is 12.8. The molecule has 0 amide bonds. The summed E-state index contributed by atoms with van der Waals surface area (Å²) in [7, 11) is 0. The molecule has 0 saturated heterocycles. The number of anilines is 2. The summed E-state index contributed by atoms with van der Waals surface area (Å²) >= 11 is 0. The Balaban J connectivity index is 1.21. The van der Waals surface area contributed by atoms with Gasteiger partial charge in [-0.2, -0.15) is 0 Å². The highest BCUT2D eigenvalue weighted by Gasteiger charge is 2.43. The zero-order valence-electron chi connectivity index (χ0n) is 30.7. The maximum Gasteiger partial charge on any atom is 0.345 e. The van der Waals surface area contributed by atoms with Crippen LogP contribution in [0.5, 0.6) is 0 Å². The molecular weight excluding hydrogens is 622 g/mol. The van der Waals surface area contributed by atoms with E-state index in [0.717, 1.165) is 73.8 Å². The lowest BCUT2D eigenvalue weighted by molar-refractivity contribution is 0.398. The lowest BCUT2D eigenvalue weighted by atomic mass is 9.69. The molecule has 4 aliphatic heterocycles. The van der Waals surface area contributed by atoms with E-state index in [4.69, 9.17) is 13.8 Å². The summed E-state index contributed by atoms with van der Waals surface area (Å²) in [6, 6.07) is 13.8. The van der Waals surface area contributed by atoms with Gasteiger partial charge in [-0.25, -0.2) is 14.6 Å². The van der Waals surface area contributed by atoms with Gasteiger partial charge in [0.25, 0.3) is 0 Å². The first kappa shape index (κ1) is 31.6. The zero-order valence-corrected chi connectivity index (χ0v) is 30.7. The van der Waals surface area contributed by atoms with Crippen molar-refractivity contribution in [3.63, 3.8) is 0 Å². The summed E-state index contributed by atoms with van der Waals surface area (Å²) in [5.74, 6) is 0. The Bertz CT molecular complexity index is 2240. The van der Waals surface area contributed by atoms with E-state index in [1.807, 2.05) is 30.3 Å². The average Bonchev–Trinajstić information content (AvgIpc) is 3.05. The molecule has 7 heteroatoms. The third kappa shape index (κ3) is 4.44. The number of fused-ring (bicyclic) bond motifs is 4. The van der Waals surface area contributed by atoms with E-state index in [-0.39, 0.29) is 21.7 Å². The molecule has 0 aliphatic carbocycles. The second-order valence-electron chi connectivity index (χ2n) is 17.9. The molecule has 258 valence electrons. The van der Waals surface area contributed by atoms with E-state index >= 15 is 0 Å². The van der Waals surface area contributed by atoms with Crippen molar-refractivity contribution in [3.8, 4) is 22.5 Å². The van der Waals surface area contributed by atoms with Crippen LogP contribution < -0.4 is 21.1 Å². The number of hydrogen-bond donors (Lipinski definition) is 0. The summed E-state index contributed by atoms with van der Waals surface area (Å²) in [5.41, 5.74) is 9.36. The second-order valence-corrected chi connectivity index (χ2v) is 17.9. The molecule has 3 aromatic heterocycles. The number of benzene rings is 2. The topological polar surface area (TPSA) is 79.8 Å². The Morgan fingerprint density at radius 1 is 0.560 bits per heavy atom. The van der Waals surface area contributed by atoms with Crippen LogP contribution in [0.25, 0.3) is 44.5 Å². The Kier molecular flexibility index (Phi) is 6.39. The van der Waals surface area contributed by atoms with E-state index < -0.39 is 11.3 Å². The highest BCUT2D eigenvalue weighted by atomic mass is 16.4. The Morgan fingerprint density at radius 3 is 1.34 bits per heavy atom. The Hall–Kier alpha value is -4.39. The monoisotopic (exact) mass is 669 g/mol. The smallest absolute Gasteiger partial charge is 0.345 e. The molecule has 0 atom stereocenters. The first-order valence-electron chi connectivity index (χ1n) is 18.4. The molecule has 0 radical (unpaired) electrons. The zero-order chi connectivity index (χ0) is 35.1. The molecule has 2 aromatic carbocycles. The average molecular weight is 670 g/mol. The van der Waals surface area contributed by atoms with Gasteiger partial charge in [0.05, 0.1) is 22.5 Å². The number of nitrogens with zero attached hydrogens (tertiary/aromatic N) is 3. The van der Waals surface area contributed by atoms with Crippen LogP contribution in [0.15, 0.2) is 60.9 Å². The van der Waals surface area contributed by atoms with Gasteiger partial charge in [0, 0.05) is 59.5 Å². The molecule has 0 N–H and O–H groups in total. The van der Waals surface area contributed by atoms with Gasteiger partial charge in [-0.3, -0.25) is 0 Å². The highest BCUT2D eigenvalue weighted by Crippen LogP contribution is 2.53. The predicted octanol–water partition coefficient (Wildman–Crippen LogP) is 8.97. The fourth-order valence-corrected chi connectivity index (χ4v) is 9.39. The maximum absolute atomic E-state index is 13.9. The standard InChI is InChI=1S/C43H47N3O4/c1-40(2)12-16-45-18-14-42(5,6)32-34(45)28(40)22-24-20-26(38(47)49-36(24)32)30-10-9-11-31(44-30)27-21-25-23-29-35-33(37(25)50-39(27)48)43(7,8)15-19-46(35)17-13-41(29,3)4/h9-11,20-23H,12-19H2,1-8H3. The fourth-order valence-electron chi connectivity index (χ4n) is 9.39. The van der Waals surface area contributed by atoms with Crippen LogP contribution in [-0.2, 0) is 21.7 Å². The molecule has 7 nitrogen and oxygen atoms in total. The summed E-state index contributed by atoms with van der Waals surface area (Å²) in [4.78, 5) is 37.6. The van der Waals surface area contributed by atoms with Crippen LogP contribution in [0.4, 0.5) is 11.4 Å². The van der Waals surface area contributed by atoms with Crippen LogP contribution >= 0.6 is 0 Å². The minimum absolute atomic E-state index is 0.00120. The van der Waals surface area contributed by atoms with Crippen LogP contribution in [-0.4, -0.2) is 31.2 Å². The number of pyridine rings is 1. The van der Waals surface area contributed by atoms with Crippen molar-refractivity contribution >= 4 is 33.3 Å². The Morgan fingerprint density at radius 2 is 0.940 bits per heavy atom. The third-order valence-electron chi connectivity index (χ3n) is 12.8. The van der Waals surface area contributed by atoms with Crippen molar-refractivity contribution < 1.29 is 8.83 Å². The van der Waals surface area contributed by atoms with Crippen LogP contribution in [0, 0.1) is 0 Å². The first-order chi connectivity index (χ1) is 23.6. The van der Waals surface area contributed by atoms with Gasteiger partial charge in [-0.05, 0) is 94.9 Å². The molecule has 9 rings (SSSR count). The number of rotatable bonds is 2. The molecule has 7 heterocycles. The maximum atomic E-state index is 13.9. The van der Waals surface area contributed by atoms with Crippen molar-refractivity contribution in [2.75, 3.05) is 36.0 Å². The van der Waals surface area contributed by atoms with E-state index in [0.29, 0.717) is 33.7 Å². The van der Waals surface area contributed by atoms with Gasteiger partial charge in [0.15, 0.2) is 0 Å². The molecule has 5 aromatic rings. The van der Waals surface area contributed by atoms with Gasteiger partial charge in [0.1, 0.15) is 11.2 Å². The lowest BCUT2D eigenvalue weighted by Gasteiger charge is -2.48. The molecular formula is C43H47N3O4. The largest absolute Gasteiger partial charge is 0.422 e. The Labute approximate surface area is 293 Å². The SMILES string of the molecule is CC1(C)CCN2CCC(C)(C)c3c2c1cc1cc(-c2cccc(-c4cc5cc6c7c(c5oc4=O)C(C)(C)CCN7CCC6(C)C)n2)c(=O)oc31. The molecule has 0 bridgehead atoms. The van der Waals surface area contributed by atoms with Crippen LogP contribution in [0.1, 0.15) is 103 Å². The molecule has 50 heavy (non-hydrogen) atoms. The summed E-state index contributed by atoms with van der Waals surface area (Å²) in [6.45, 7) is 22.3. The molecule has 0 spiro atoms. The van der Waals surface area contributed by atoms with Gasteiger partial charge in [0.2, 0.25) is 0 Å². The van der Waals surface area contributed by atoms with E-state index in [1.54, 1.807) is 0 Å². The summed E-state index contributed by atoms with van der Waals surface area (Å²) < 4.78 is 12.5. The molecule has 4 aliphatic rings. The van der Waals surface area contributed by atoms with Crippen molar-refractivity contribution in [3.05, 3.63) is 85.6 Å². The van der Waals surface area contributed by atoms with E-state index in [2.05, 4.69) is 77.3 Å². The normalized spacial score (nSPS) is 20.9. The molecule has 0 saturated carbocycles. The van der Waals surface area contributed by atoms with Crippen LogP contribution in [0.3, 0.4) is 0 Å². The van der Waals surface area contributed by atoms with Gasteiger partial charge in [-0.15, -0.1) is 0 Å². The van der Waals surface area contributed by atoms with Crippen molar-refractivity contribution in [2.24, 2.45) is 0 Å². The van der Waals surface area contributed by atoms with E-state index in [1.165, 1.54) is 22.5 Å². The molecule has 0 unspecified atom stereocenters. The number of aromatic nitrogens is 1. The minimum atomic E-state index is -0.424. The highest BCUT2D eigenvalue weighted by molar-refractivity contribution is 5.94. The van der Waals surface area contributed by atoms with Crippen LogP contribution in [0.2, 0.25) is 0 Å². The molecule has 0 fully saturated rings. The fraction of sp³-hybridized carbons (Fsp3) is 0.465. The first-order valence-corrected chi connectivity index (χ1v) is 18.4. The van der Waals surface area contributed by atoms with Gasteiger partial charge < -0.3 is 18.6 Å². The van der Waals surface area contributed by atoms with Crippen molar-refractivity contribution in [2.45, 2.75) is 103 Å². The lowest BCUT2D eigenvalue weighted by Crippen LogP contribution is -2.44. The van der Waals surface area contributed by atoms with Gasteiger partial charge >= 0.3 is 11.3 Å².